The van der Waals surface area contributed by atoms with Gasteiger partial charge in [-0.3, -0.25) is 0 Å². The monoisotopic (exact) mass is 288 g/mol. The third kappa shape index (κ3) is 3.99. The largest absolute Gasteiger partial charge is 0.324 e. The minimum absolute atomic E-state index is 0.0786. The lowest BCUT2D eigenvalue weighted by atomic mass is 9.95. The summed E-state index contributed by atoms with van der Waals surface area (Å²) < 4.78 is 39.9. The van der Waals surface area contributed by atoms with Crippen molar-refractivity contribution in [2.75, 3.05) is 6.54 Å². The van der Waals surface area contributed by atoms with Crippen LogP contribution in [0.1, 0.15) is 32.3 Å². The summed E-state index contributed by atoms with van der Waals surface area (Å²) in [7, 11) is -3.72. The summed E-state index contributed by atoms with van der Waals surface area (Å²) in [6.45, 7) is 5.53. The van der Waals surface area contributed by atoms with Crippen LogP contribution in [0.4, 0.5) is 4.39 Å². The summed E-state index contributed by atoms with van der Waals surface area (Å²) in [5, 5.41) is 0. The molecular weight excluding hydrogens is 267 g/mol. The highest BCUT2D eigenvalue weighted by atomic mass is 32.2. The van der Waals surface area contributed by atoms with Gasteiger partial charge in [0.1, 0.15) is 5.82 Å². The summed E-state index contributed by atoms with van der Waals surface area (Å²) in [6, 6.07) is 3.85. The van der Waals surface area contributed by atoms with Crippen LogP contribution in [0.25, 0.3) is 0 Å². The molecular formula is C13H21FN2O2S. The van der Waals surface area contributed by atoms with Crippen LogP contribution >= 0.6 is 0 Å². The van der Waals surface area contributed by atoms with Crippen molar-refractivity contribution in [2.24, 2.45) is 5.73 Å². The lowest BCUT2D eigenvalue weighted by molar-refractivity contribution is 0.391. The first-order chi connectivity index (χ1) is 8.74. The molecule has 0 radical (unpaired) electrons. The van der Waals surface area contributed by atoms with Crippen LogP contribution in [0.15, 0.2) is 23.1 Å². The highest BCUT2D eigenvalue weighted by Crippen LogP contribution is 2.16. The van der Waals surface area contributed by atoms with Gasteiger partial charge >= 0.3 is 0 Å². The van der Waals surface area contributed by atoms with Crippen LogP contribution in [-0.2, 0) is 10.0 Å². The molecule has 0 atom stereocenters. The summed E-state index contributed by atoms with van der Waals surface area (Å²) in [6.07, 6.45) is 1.32. The van der Waals surface area contributed by atoms with E-state index in [4.69, 9.17) is 5.73 Å². The first-order valence-corrected chi connectivity index (χ1v) is 7.77. The van der Waals surface area contributed by atoms with Crippen LogP contribution in [0.3, 0.4) is 0 Å². The van der Waals surface area contributed by atoms with Gasteiger partial charge in [0, 0.05) is 12.1 Å². The molecule has 0 saturated heterocycles. The lowest BCUT2D eigenvalue weighted by Gasteiger charge is -2.26. The van der Waals surface area contributed by atoms with Crippen molar-refractivity contribution in [3.05, 3.63) is 29.6 Å². The van der Waals surface area contributed by atoms with Gasteiger partial charge in [-0.2, -0.15) is 0 Å². The van der Waals surface area contributed by atoms with Gasteiger partial charge < -0.3 is 5.73 Å². The Balaban J connectivity index is 2.90. The fraction of sp³-hybridized carbons (Fsp3) is 0.538. The van der Waals surface area contributed by atoms with Gasteiger partial charge in [0.2, 0.25) is 10.0 Å². The number of aryl methyl sites for hydroxylation is 1. The number of benzene rings is 1. The van der Waals surface area contributed by atoms with Gasteiger partial charge in [0.15, 0.2) is 0 Å². The number of hydrogen-bond acceptors (Lipinski definition) is 3. The Morgan fingerprint density at radius 2 is 1.89 bits per heavy atom. The summed E-state index contributed by atoms with van der Waals surface area (Å²) >= 11 is 0. The predicted molar refractivity (Wildman–Crippen MR) is 73.8 cm³/mol. The molecule has 6 heteroatoms. The number of halogens is 1. The van der Waals surface area contributed by atoms with Crippen LogP contribution in [0.2, 0.25) is 0 Å². The van der Waals surface area contributed by atoms with Gasteiger partial charge in [-0.15, -0.1) is 0 Å². The predicted octanol–water partition coefficient (Wildman–Crippen LogP) is 1.93. The second kappa shape index (κ2) is 5.98. The highest BCUT2D eigenvalue weighted by molar-refractivity contribution is 7.89. The molecule has 0 aliphatic carbocycles. The molecule has 3 N–H and O–H groups in total. The first kappa shape index (κ1) is 16.1. The van der Waals surface area contributed by atoms with Crippen LogP contribution in [0.5, 0.6) is 0 Å². The van der Waals surface area contributed by atoms with E-state index in [-0.39, 0.29) is 11.4 Å². The third-order valence-corrected chi connectivity index (χ3v) is 4.88. The Hall–Kier alpha value is -0.980. The second-order valence-electron chi connectivity index (χ2n) is 4.81. The van der Waals surface area contributed by atoms with Gasteiger partial charge in [-0.25, -0.2) is 17.5 Å². The molecule has 0 unspecified atom stereocenters. The first-order valence-electron chi connectivity index (χ1n) is 6.29. The average Bonchev–Trinajstić information content (AvgIpc) is 2.39. The van der Waals surface area contributed by atoms with E-state index in [9.17, 15) is 12.8 Å². The average molecular weight is 288 g/mol. The number of nitrogens with one attached hydrogen (secondary N) is 1. The molecule has 0 heterocycles. The Kier molecular flexibility index (Phi) is 5.06. The van der Waals surface area contributed by atoms with Crippen LogP contribution in [0, 0.1) is 12.7 Å². The highest BCUT2D eigenvalue weighted by Gasteiger charge is 2.24. The molecule has 0 spiro atoms. The number of nitrogens with two attached hydrogens (primary N) is 1. The molecule has 0 aromatic heterocycles. The van der Waals surface area contributed by atoms with Crippen LogP contribution in [-0.4, -0.2) is 20.5 Å². The van der Waals surface area contributed by atoms with E-state index in [1.165, 1.54) is 12.1 Å². The number of sulfonamides is 1. The molecule has 1 aromatic carbocycles. The van der Waals surface area contributed by atoms with Gasteiger partial charge in [-0.1, -0.05) is 19.9 Å². The zero-order valence-corrected chi connectivity index (χ0v) is 12.3. The van der Waals surface area contributed by atoms with E-state index >= 15 is 0 Å². The molecule has 0 saturated carbocycles. The zero-order chi connectivity index (χ0) is 14.7. The molecule has 1 aromatic rings. The van der Waals surface area contributed by atoms with Crippen molar-refractivity contribution in [3.8, 4) is 0 Å². The number of rotatable bonds is 6. The van der Waals surface area contributed by atoms with E-state index in [0.717, 1.165) is 6.07 Å². The number of hydrogen-bond donors (Lipinski definition) is 2. The molecule has 1 rings (SSSR count). The van der Waals surface area contributed by atoms with E-state index in [1.54, 1.807) is 6.92 Å². The van der Waals surface area contributed by atoms with Crippen molar-refractivity contribution in [1.82, 2.24) is 4.72 Å². The normalized spacial score (nSPS) is 12.7. The Bertz CT molecular complexity index is 540. The Morgan fingerprint density at radius 1 is 1.32 bits per heavy atom. The van der Waals surface area contributed by atoms with E-state index in [2.05, 4.69) is 4.72 Å². The molecule has 0 aliphatic heterocycles. The van der Waals surface area contributed by atoms with E-state index in [1.807, 2.05) is 13.8 Å². The molecule has 0 aliphatic rings. The van der Waals surface area contributed by atoms with Crippen LogP contribution < -0.4 is 10.5 Å². The Morgan fingerprint density at radius 3 is 2.37 bits per heavy atom. The van der Waals surface area contributed by atoms with Gasteiger partial charge in [-0.05, 0) is 37.5 Å². The van der Waals surface area contributed by atoms with Gasteiger partial charge in [0.25, 0.3) is 0 Å². The third-order valence-electron chi connectivity index (χ3n) is 3.48. The zero-order valence-electron chi connectivity index (χ0n) is 11.5. The molecule has 0 bridgehead atoms. The summed E-state index contributed by atoms with van der Waals surface area (Å²) in [5.74, 6) is -0.534. The van der Waals surface area contributed by atoms with Gasteiger partial charge in [0.05, 0.1) is 4.90 Å². The standard InChI is InChI=1S/C13H21FN2O2S/c1-4-13(15,5-2)9-16-19(17,18)11-7-6-10(3)12(14)8-11/h6-8,16H,4-5,9,15H2,1-3H3. The maximum Gasteiger partial charge on any atom is 0.240 e. The topological polar surface area (TPSA) is 72.2 Å². The summed E-state index contributed by atoms with van der Waals surface area (Å²) in [4.78, 5) is -0.0786. The minimum atomic E-state index is -3.72. The van der Waals surface area contributed by atoms with Crippen molar-refractivity contribution in [1.29, 1.82) is 0 Å². The molecule has 0 amide bonds. The van der Waals surface area contributed by atoms with Crippen molar-refractivity contribution in [2.45, 2.75) is 44.0 Å². The maximum atomic E-state index is 13.4. The van der Waals surface area contributed by atoms with Crippen molar-refractivity contribution in [3.63, 3.8) is 0 Å². The molecule has 19 heavy (non-hydrogen) atoms. The lowest BCUT2D eigenvalue weighted by Crippen LogP contribution is -2.49. The fourth-order valence-corrected chi connectivity index (χ4v) is 2.71. The smallest absolute Gasteiger partial charge is 0.240 e. The minimum Gasteiger partial charge on any atom is -0.324 e. The Labute approximate surface area is 114 Å². The molecule has 0 fully saturated rings. The second-order valence-corrected chi connectivity index (χ2v) is 6.57. The van der Waals surface area contributed by atoms with Crippen molar-refractivity contribution >= 4 is 10.0 Å². The molecule has 108 valence electrons. The van der Waals surface area contributed by atoms with E-state index in [0.29, 0.717) is 18.4 Å². The molecule has 4 nitrogen and oxygen atoms in total. The fourth-order valence-electron chi connectivity index (χ4n) is 1.56. The van der Waals surface area contributed by atoms with E-state index < -0.39 is 21.4 Å². The summed E-state index contributed by atoms with van der Waals surface area (Å²) in [5.41, 5.74) is 5.87. The SMILES string of the molecule is CCC(N)(CC)CNS(=O)(=O)c1ccc(C)c(F)c1. The quantitative estimate of drug-likeness (QED) is 0.840. The maximum absolute atomic E-state index is 13.4. The van der Waals surface area contributed by atoms with Crippen molar-refractivity contribution < 1.29 is 12.8 Å².